The Morgan fingerprint density at radius 3 is 2.53 bits per heavy atom. The topological polar surface area (TPSA) is 17.1 Å². The molecule has 98 valence electrons. The highest BCUT2D eigenvalue weighted by molar-refractivity contribution is 9.10. The maximum Gasteiger partial charge on any atom is 0.193 e. The fourth-order valence-corrected chi connectivity index (χ4v) is 2.44. The zero-order valence-corrected chi connectivity index (χ0v) is 12.8. The van der Waals surface area contributed by atoms with E-state index in [1.165, 1.54) is 5.56 Å². The van der Waals surface area contributed by atoms with E-state index in [4.69, 9.17) is 0 Å². The second-order valence-corrected chi connectivity index (χ2v) is 5.60. The molecule has 0 saturated carbocycles. The SMILES string of the molecule is CCCc1cccc(C(=O)c2ccc(C)c(Br)c2)c1. The van der Waals surface area contributed by atoms with E-state index in [-0.39, 0.29) is 5.78 Å². The van der Waals surface area contributed by atoms with Gasteiger partial charge in [-0.2, -0.15) is 0 Å². The Bertz CT molecular complexity index is 602. The van der Waals surface area contributed by atoms with Gasteiger partial charge in [-0.1, -0.05) is 59.6 Å². The fourth-order valence-electron chi connectivity index (χ4n) is 2.06. The minimum absolute atomic E-state index is 0.0821. The highest BCUT2D eigenvalue weighted by Gasteiger charge is 2.10. The maximum atomic E-state index is 12.4. The molecule has 0 spiro atoms. The van der Waals surface area contributed by atoms with Gasteiger partial charge in [0.05, 0.1) is 0 Å². The quantitative estimate of drug-likeness (QED) is 0.730. The third kappa shape index (κ3) is 3.32. The van der Waals surface area contributed by atoms with E-state index in [1.807, 2.05) is 43.3 Å². The van der Waals surface area contributed by atoms with E-state index in [0.717, 1.165) is 34.0 Å². The van der Waals surface area contributed by atoms with Crippen molar-refractivity contribution in [2.24, 2.45) is 0 Å². The summed E-state index contributed by atoms with van der Waals surface area (Å²) in [5.74, 6) is 0.0821. The molecule has 0 bridgehead atoms. The van der Waals surface area contributed by atoms with Crippen molar-refractivity contribution in [3.8, 4) is 0 Å². The highest BCUT2D eigenvalue weighted by Crippen LogP contribution is 2.20. The summed E-state index contributed by atoms with van der Waals surface area (Å²) in [6.45, 7) is 4.16. The van der Waals surface area contributed by atoms with Crippen molar-refractivity contribution < 1.29 is 4.79 Å². The number of halogens is 1. The van der Waals surface area contributed by atoms with E-state index in [9.17, 15) is 4.79 Å². The minimum Gasteiger partial charge on any atom is -0.289 e. The number of benzene rings is 2. The zero-order valence-electron chi connectivity index (χ0n) is 11.2. The van der Waals surface area contributed by atoms with Crippen LogP contribution in [-0.2, 0) is 6.42 Å². The van der Waals surface area contributed by atoms with Gasteiger partial charge >= 0.3 is 0 Å². The number of carbonyl (C=O) groups excluding carboxylic acids is 1. The third-order valence-electron chi connectivity index (χ3n) is 3.16. The van der Waals surface area contributed by atoms with Crippen LogP contribution in [0.15, 0.2) is 46.9 Å². The average Bonchev–Trinajstić information content (AvgIpc) is 2.42. The number of hydrogen-bond acceptors (Lipinski definition) is 1. The molecule has 0 saturated heterocycles. The molecule has 0 fully saturated rings. The normalized spacial score (nSPS) is 10.5. The van der Waals surface area contributed by atoms with Crippen LogP contribution in [-0.4, -0.2) is 5.78 Å². The molecule has 0 aliphatic rings. The van der Waals surface area contributed by atoms with Crippen LogP contribution in [0.5, 0.6) is 0 Å². The van der Waals surface area contributed by atoms with E-state index in [0.29, 0.717) is 0 Å². The molecular weight excluding hydrogens is 300 g/mol. The summed E-state index contributed by atoms with van der Waals surface area (Å²) >= 11 is 3.47. The van der Waals surface area contributed by atoms with Crippen molar-refractivity contribution in [3.05, 3.63) is 69.2 Å². The van der Waals surface area contributed by atoms with Gasteiger partial charge in [-0.05, 0) is 36.6 Å². The lowest BCUT2D eigenvalue weighted by Crippen LogP contribution is -2.02. The van der Waals surface area contributed by atoms with Crippen LogP contribution in [0, 0.1) is 6.92 Å². The molecule has 0 aliphatic heterocycles. The number of aryl methyl sites for hydroxylation is 2. The van der Waals surface area contributed by atoms with Gasteiger partial charge in [-0.25, -0.2) is 0 Å². The molecule has 2 rings (SSSR count). The van der Waals surface area contributed by atoms with Crippen molar-refractivity contribution in [1.82, 2.24) is 0 Å². The standard InChI is InChI=1S/C17H17BrO/c1-3-5-13-6-4-7-14(10-13)17(19)15-9-8-12(2)16(18)11-15/h4,6-11H,3,5H2,1-2H3. The maximum absolute atomic E-state index is 12.4. The predicted octanol–water partition coefficient (Wildman–Crippen LogP) is 4.94. The summed E-state index contributed by atoms with van der Waals surface area (Å²) in [6.07, 6.45) is 2.10. The number of hydrogen-bond donors (Lipinski definition) is 0. The fraction of sp³-hybridized carbons (Fsp3) is 0.235. The summed E-state index contributed by atoms with van der Waals surface area (Å²) < 4.78 is 0.975. The van der Waals surface area contributed by atoms with E-state index < -0.39 is 0 Å². The van der Waals surface area contributed by atoms with Crippen LogP contribution in [0.3, 0.4) is 0 Å². The average molecular weight is 317 g/mol. The molecule has 2 heteroatoms. The largest absolute Gasteiger partial charge is 0.289 e. The molecule has 0 unspecified atom stereocenters. The molecule has 0 amide bonds. The molecule has 0 heterocycles. The van der Waals surface area contributed by atoms with E-state index >= 15 is 0 Å². The van der Waals surface area contributed by atoms with Crippen LogP contribution >= 0.6 is 15.9 Å². The van der Waals surface area contributed by atoms with Gasteiger partial charge in [-0.15, -0.1) is 0 Å². The van der Waals surface area contributed by atoms with Crippen LogP contribution in [0.25, 0.3) is 0 Å². The first-order valence-corrected chi connectivity index (χ1v) is 7.31. The first-order chi connectivity index (χ1) is 9.11. The van der Waals surface area contributed by atoms with Crippen molar-refractivity contribution in [2.45, 2.75) is 26.7 Å². The van der Waals surface area contributed by atoms with Crippen molar-refractivity contribution in [3.63, 3.8) is 0 Å². The summed E-state index contributed by atoms with van der Waals surface area (Å²) in [7, 11) is 0. The molecule has 2 aromatic rings. The Morgan fingerprint density at radius 1 is 1.11 bits per heavy atom. The van der Waals surface area contributed by atoms with Crippen molar-refractivity contribution >= 4 is 21.7 Å². The molecule has 1 nitrogen and oxygen atoms in total. The molecule has 19 heavy (non-hydrogen) atoms. The Balaban J connectivity index is 2.32. The molecule has 0 radical (unpaired) electrons. The second kappa shape index (κ2) is 6.16. The van der Waals surface area contributed by atoms with Crippen LogP contribution in [0.4, 0.5) is 0 Å². The lowest BCUT2D eigenvalue weighted by Gasteiger charge is -2.06. The Labute approximate surface area is 122 Å². The van der Waals surface area contributed by atoms with Gasteiger partial charge in [0.2, 0.25) is 0 Å². The first-order valence-electron chi connectivity index (χ1n) is 6.51. The predicted molar refractivity (Wildman–Crippen MR) is 82.7 cm³/mol. The molecule has 0 atom stereocenters. The van der Waals surface area contributed by atoms with Crippen molar-refractivity contribution in [1.29, 1.82) is 0 Å². The molecular formula is C17H17BrO. The smallest absolute Gasteiger partial charge is 0.193 e. The Kier molecular flexibility index (Phi) is 4.54. The molecule has 0 aromatic heterocycles. The van der Waals surface area contributed by atoms with E-state index in [2.05, 4.69) is 28.9 Å². The Morgan fingerprint density at radius 2 is 1.84 bits per heavy atom. The zero-order chi connectivity index (χ0) is 13.8. The summed E-state index contributed by atoms with van der Waals surface area (Å²) in [5.41, 5.74) is 3.85. The van der Waals surface area contributed by atoms with E-state index in [1.54, 1.807) is 0 Å². The lowest BCUT2D eigenvalue weighted by atomic mass is 9.99. The monoisotopic (exact) mass is 316 g/mol. The number of carbonyl (C=O) groups is 1. The van der Waals surface area contributed by atoms with Gasteiger partial charge in [0.15, 0.2) is 5.78 Å². The Hall–Kier alpha value is -1.41. The highest BCUT2D eigenvalue weighted by atomic mass is 79.9. The van der Waals surface area contributed by atoms with Crippen LogP contribution < -0.4 is 0 Å². The second-order valence-electron chi connectivity index (χ2n) is 4.74. The summed E-state index contributed by atoms with van der Waals surface area (Å²) in [6, 6.07) is 13.7. The van der Waals surface area contributed by atoms with Gasteiger partial charge in [-0.3, -0.25) is 4.79 Å². The van der Waals surface area contributed by atoms with Gasteiger partial charge in [0.25, 0.3) is 0 Å². The minimum atomic E-state index is 0.0821. The van der Waals surface area contributed by atoms with Gasteiger partial charge < -0.3 is 0 Å². The first kappa shape index (κ1) is 14.0. The van der Waals surface area contributed by atoms with Crippen molar-refractivity contribution in [2.75, 3.05) is 0 Å². The van der Waals surface area contributed by atoms with Crippen LogP contribution in [0.2, 0.25) is 0 Å². The van der Waals surface area contributed by atoms with Crippen LogP contribution in [0.1, 0.15) is 40.4 Å². The molecule has 2 aromatic carbocycles. The number of ketones is 1. The summed E-state index contributed by atoms with van der Waals surface area (Å²) in [5, 5.41) is 0. The summed E-state index contributed by atoms with van der Waals surface area (Å²) in [4.78, 5) is 12.4. The lowest BCUT2D eigenvalue weighted by molar-refractivity contribution is 0.103. The van der Waals surface area contributed by atoms with Gasteiger partial charge in [0.1, 0.15) is 0 Å². The molecule has 0 N–H and O–H groups in total. The third-order valence-corrected chi connectivity index (χ3v) is 4.02. The van der Waals surface area contributed by atoms with Gasteiger partial charge in [0, 0.05) is 15.6 Å². The number of rotatable bonds is 4. The molecule has 0 aliphatic carbocycles.